The van der Waals surface area contributed by atoms with Crippen molar-refractivity contribution in [3.63, 3.8) is 0 Å². The van der Waals surface area contributed by atoms with E-state index in [1.54, 1.807) is 6.20 Å². The third-order valence-corrected chi connectivity index (χ3v) is 5.78. The molecule has 1 aromatic carbocycles. The molecule has 2 aliphatic rings. The summed E-state index contributed by atoms with van der Waals surface area (Å²) in [5, 5.41) is 4.38. The number of aromatic nitrogens is 2. The van der Waals surface area contributed by atoms with Crippen LogP contribution < -0.4 is 5.32 Å². The maximum absolute atomic E-state index is 13.8. The van der Waals surface area contributed by atoms with Gasteiger partial charge < -0.3 is 10.2 Å². The second-order valence-electron chi connectivity index (χ2n) is 7.89. The van der Waals surface area contributed by atoms with Crippen LogP contribution in [0.25, 0.3) is 10.9 Å². The molecule has 3 heterocycles. The number of amides is 1. The molecule has 1 saturated heterocycles. The van der Waals surface area contributed by atoms with E-state index >= 15 is 0 Å². The van der Waals surface area contributed by atoms with Gasteiger partial charge in [-0.1, -0.05) is 17.7 Å². The summed E-state index contributed by atoms with van der Waals surface area (Å²) >= 11 is 0. The maximum Gasteiger partial charge on any atom is 0.255 e. The number of nitrogens with one attached hydrogen (secondary N) is 1. The van der Waals surface area contributed by atoms with Gasteiger partial charge in [-0.3, -0.25) is 14.8 Å². The largest absolute Gasteiger partial charge is 0.329 e. The first-order valence-corrected chi connectivity index (χ1v) is 10.0. The molecule has 1 N–H and O–H groups in total. The van der Waals surface area contributed by atoms with Crippen molar-refractivity contribution in [2.24, 2.45) is 0 Å². The van der Waals surface area contributed by atoms with E-state index in [0.29, 0.717) is 12.5 Å². The van der Waals surface area contributed by atoms with Crippen molar-refractivity contribution in [1.82, 2.24) is 20.2 Å². The zero-order valence-electron chi connectivity index (χ0n) is 16.9. The number of nitrogens with zero attached hydrogens (tertiary/aromatic N) is 3. The van der Waals surface area contributed by atoms with E-state index in [0.717, 1.165) is 46.4 Å². The minimum Gasteiger partial charge on any atom is -0.329 e. The van der Waals surface area contributed by atoms with E-state index in [9.17, 15) is 4.79 Å². The SMILES string of the molecule is Cc1ccc2nc(C3CC3)cc(C(=O)N3CCNCC3c3cccnc3)c2c1.Cl.Cl. The Kier molecular flexibility index (Phi) is 6.96. The zero-order chi connectivity index (χ0) is 19.1. The number of rotatable bonds is 3. The van der Waals surface area contributed by atoms with E-state index in [4.69, 9.17) is 4.98 Å². The van der Waals surface area contributed by atoms with Crippen molar-refractivity contribution >= 4 is 41.6 Å². The highest BCUT2D eigenvalue weighted by atomic mass is 35.5. The summed E-state index contributed by atoms with van der Waals surface area (Å²) in [6, 6.07) is 12.2. The second-order valence-corrected chi connectivity index (χ2v) is 7.89. The molecule has 0 spiro atoms. The topological polar surface area (TPSA) is 58.1 Å². The average Bonchev–Trinajstić information content (AvgIpc) is 3.59. The van der Waals surface area contributed by atoms with Gasteiger partial charge in [-0.25, -0.2) is 0 Å². The first-order valence-electron chi connectivity index (χ1n) is 10.0. The van der Waals surface area contributed by atoms with Gasteiger partial charge in [-0.15, -0.1) is 24.8 Å². The fraction of sp³-hybridized carbons (Fsp3) is 0.348. The molecule has 1 amide bonds. The molecule has 0 radical (unpaired) electrons. The number of carbonyl (C=O) groups excluding carboxylic acids is 1. The Morgan fingerprint density at radius 1 is 1.17 bits per heavy atom. The number of hydrogen-bond donors (Lipinski definition) is 1. The number of piperazine rings is 1. The molecule has 1 aliphatic heterocycles. The van der Waals surface area contributed by atoms with Crippen LogP contribution in [0.2, 0.25) is 0 Å². The number of fused-ring (bicyclic) bond motifs is 1. The van der Waals surface area contributed by atoms with Crippen LogP contribution in [-0.4, -0.2) is 40.4 Å². The minimum atomic E-state index is -0.00708. The lowest BCUT2D eigenvalue weighted by molar-refractivity contribution is 0.0636. The fourth-order valence-electron chi connectivity index (χ4n) is 4.10. The molecule has 7 heteroatoms. The van der Waals surface area contributed by atoms with Crippen molar-refractivity contribution in [3.05, 3.63) is 71.2 Å². The molecule has 2 aromatic heterocycles. The van der Waals surface area contributed by atoms with Crippen molar-refractivity contribution < 1.29 is 4.79 Å². The highest BCUT2D eigenvalue weighted by Gasteiger charge is 2.32. The van der Waals surface area contributed by atoms with Gasteiger partial charge in [0.15, 0.2) is 0 Å². The van der Waals surface area contributed by atoms with Crippen LogP contribution in [0.5, 0.6) is 0 Å². The van der Waals surface area contributed by atoms with E-state index < -0.39 is 0 Å². The Bertz CT molecular complexity index is 1040. The summed E-state index contributed by atoms with van der Waals surface area (Å²) in [5.74, 6) is 0.602. The number of carbonyl (C=O) groups is 1. The molecule has 1 unspecified atom stereocenters. The number of aryl methyl sites for hydroxylation is 1. The fourth-order valence-corrected chi connectivity index (χ4v) is 4.10. The van der Waals surface area contributed by atoms with Crippen LogP contribution in [0.4, 0.5) is 0 Å². The molecular weight excluding hydrogens is 419 g/mol. The number of halogens is 2. The highest BCUT2D eigenvalue weighted by molar-refractivity contribution is 6.06. The summed E-state index contributed by atoms with van der Waals surface area (Å²) in [6.07, 6.45) is 5.98. The van der Waals surface area contributed by atoms with Crippen molar-refractivity contribution in [3.8, 4) is 0 Å². The molecule has 30 heavy (non-hydrogen) atoms. The molecule has 1 aliphatic carbocycles. The van der Waals surface area contributed by atoms with Gasteiger partial charge in [-0.2, -0.15) is 0 Å². The van der Waals surface area contributed by atoms with Crippen LogP contribution in [0.1, 0.15) is 52.0 Å². The molecule has 1 saturated carbocycles. The monoisotopic (exact) mass is 444 g/mol. The Balaban J connectivity index is 0.00000128. The van der Waals surface area contributed by atoms with Crippen LogP contribution >= 0.6 is 24.8 Å². The number of benzene rings is 1. The molecule has 5 nitrogen and oxygen atoms in total. The smallest absolute Gasteiger partial charge is 0.255 e. The van der Waals surface area contributed by atoms with Gasteiger partial charge in [0.2, 0.25) is 0 Å². The summed E-state index contributed by atoms with van der Waals surface area (Å²) in [5.41, 5.74) is 4.98. The van der Waals surface area contributed by atoms with Gasteiger partial charge in [-0.05, 0) is 49.6 Å². The van der Waals surface area contributed by atoms with Gasteiger partial charge >= 0.3 is 0 Å². The second kappa shape index (κ2) is 9.29. The van der Waals surface area contributed by atoms with E-state index in [1.165, 1.54) is 12.8 Å². The zero-order valence-corrected chi connectivity index (χ0v) is 18.5. The predicted molar refractivity (Wildman–Crippen MR) is 124 cm³/mol. The standard InChI is InChI=1S/C23H24N4O.2ClH/c1-15-4-7-20-18(11-15)19(12-21(26-20)16-5-6-16)23(28)27-10-9-25-14-22(27)17-3-2-8-24-13-17;;/h2-4,7-8,11-13,16,22,25H,5-6,9-10,14H2,1H3;2*1H. The molecule has 2 fully saturated rings. The van der Waals surface area contributed by atoms with E-state index in [-0.39, 0.29) is 36.8 Å². The Morgan fingerprint density at radius 3 is 2.73 bits per heavy atom. The van der Waals surface area contributed by atoms with Crippen LogP contribution in [0, 0.1) is 6.92 Å². The van der Waals surface area contributed by atoms with Crippen LogP contribution in [0.3, 0.4) is 0 Å². The number of hydrogen-bond acceptors (Lipinski definition) is 4. The predicted octanol–water partition coefficient (Wildman–Crippen LogP) is 4.45. The van der Waals surface area contributed by atoms with E-state index in [2.05, 4.69) is 35.4 Å². The molecule has 5 rings (SSSR count). The van der Waals surface area contributed by atoms with Crippen molar-refractivity contribution in [1.29, 1.82) is 0 Å². The Hall–Kier alpha value is -2.21. The lowest BCUT2D eigenvalue weighted by Gasteiger charge is -2.36. The lowest BCUT2D eigenvalue weighted by atomic mass is 10.00. The molecular formula is C23H26Cl2N4O. The third-order valence-electron chi connectivity index (χ3n) is 5.78. The lowest BCUT2D eigenvalue weighted by Crippen LogP contribution is -2.48. The van der Waals surface area contributed by atoms with Gasteiger partial charge in [0.1, 0.15) is 0 Å². The van der Waals surface area contributed by atoms with Crippen molar-refractivity contribution in [2.45, 2.75) is 31.7 Å². The summed E-state index contributed by atoms with van der Waals surface area (Å²) < 4.78 is 0. The van der Waals surface area contributed by atoms with Crippen LogP contribution in [0.15, 0.2) is 48.8 Å². The molecule has 1 atom stereocenters. The van der Waals surface area contributed by atoms with Gasteiger partial charge in [0.25, 0.3) is 5.91 Å². The average molecular weight is 445 g/mol. The first kappa shape index (κ1) is 22.5. The Morgan fingerprint density at radius 2 is 2.00 bits per heavy atom. The summed E-state index contributed by atoms with van der Waals surface area (Å²) in [4.78, 5) is 24.9. The summed E-state index contributed by atoms with van der Waals surface area (Å²) in [7, 11) is 0. The van der Waals surface area contributed by atoms with Gasteiger partial charge in [0.05, 0.1) is 17.1 Å². The molecule has 158 valence electrons. The normalized spacial score (nSPS) is 18.4. The molecule has 0 bridgehead atoms. The van der Waals surface area contributed by atoms with E-state index in [1.807, 2.05) is 29.3 Å². The summed E-state index contributed by atoms with van der Waals surface area (Å²) in [6.45, 7) is 4.30. The first-order chi connectivity index (χ1) is 13.7. The number of pyridine rings is 2. The van der Waals surface area contributed by atoms with Crippen molar-refractivity contribution in [2.75, 3.05) is 19.6 Å². The quantitative estimate of drug-likeness (QED) is 0.648. The minimum absolute atomic E-state index is 0. The highest BCUT2D eigenvalue weighted by Crippen LogP contribution is 2.40. The molecule has 3 aromatic rings. The van der Waals surface area contributed by atoms with Gasteiger partial charge in [0, 0.05) is 49.0 Å². The third kappa shape index (κ3) is 4.29. The van der Waals surface area contributed by atoms with Crippen LogP contribution in [-0.2, 0) is 0 Å². The maximum atomic E-state index is 13.8. The Labute approximate surface area is 189 Å².